The summed E-state index contributed by atoms with van der Waals surface area (Å²) in [6.45, 7) is 22.1. The Morgan fingerprint density at radius 1 is 0.978 bits per heavy atom. The molecule has 0 heterocycles. The molecule has 3 atom stereocenters. The van der Waals surface area contributed by atoms with Crippen molar-refractivity contribution in [2.24, 2.45) is 11.8 Å². The van der Waals surface area contributed by atoms with Gasteiger partial charge in [0.05, 0.1) is 6.61 Å². The maximum atomic E-state index is 13.4. The second-order valence-corrected chi connectivity index (χ2v) is 13.4. The van der Waals surface area contributed by atoms with Crippen LogP contribution in [0.2, 0.25) is 0 Å². The van der Waals surface area contributed by atoms with Crippen molar-refractivity contribution in [2.45, 2.75) is 133 Å². The van der Waals surface area contributed by atoms with E-state index >= 15 is 0 Å². The molecule has 3 unspecified atom stereocenters. The van der Waals surface area contributed by atoms with Gasteiger partial charge >= 0.3 is 0 Å². The lowest BCUT2D eigenvalue weighted by Crippen LogP contribution is -2.22. The molecule has 256 valence electrons. The monoisotopic (exact) mass is 632 g/mol. The zero-order valence-corrected chi connectivity index (χ0v) is 31.1. The minimum absolute atomic E-state index is 0.0138. The van der Waals surface area contributed by atoms with Gasteiger partial charge < -0.3 is 14.6 Å². The fourth-order valence-corrected chi connectivity index (χ4v) is 6.42. The third-order valence-electron chi connectivity index (χ3n) is 9.84. The van der Waals surface area contributed by atoms with Crippen LogP contribution in [0.25, 0.3) is 5.57 Å². The fourth-order valence-electron chi connectivity index (χ4n) is 6.42. The second kappa shape index (κ2) is 19.9. The van der Waals surface area contributed by atoms with Crippen molar-refractivity contribution in [3.05, 3.63) is 80.5 Å². The van der Waals surface area contributed by atoms with Crippen LogP contribution >= 0.6 is 0 Å². The number of benzene rings is 1. The van der Waals surface area contributed by atoms with Crippen molar-refractivity contribution in [3.8, 4) is 5.75 Å². The average Bonchev–Trinajstić information content (AvgIpc) is 3.01. The number of rotatable bonds is 19. The van der Waals surface area contributed by atoms with Gasteiger partial charge in [-0.25, -0.2) is 0 Å². The van der Waals surface area contributed by atoms with E-state index in [1.807, 2.05) is 6.07 Å². The first kappa shape index (κ1) is 39.5. The Morgan fingerprint density at radius 3 is 2.09 bits per heavy atom. The van der Waals surface area contributed by atoms with Crippen LogP contribution in [-0.2, 0) is 9.53 Å². The molecule has 4 heteroatoms. The van der Waals surface area contributed by atoms with Gasteiger partial charge in [-0.1, -0.05) is 78.2 Å². The molecule has 0 aliphatic heterocycles. The molecule has 46 heavy (non-hydrogen) atoms. The molecule has 1 aliphatic rings. The molecule has 2 rings (SSSR count). The summed E-state index contributed by atoms with van der Waals surface area (Å²) in [4.78, 5) is 13.4. The highest BCUT2D eigenvalue weighted by molar-refractivity contribution is 5.95. The smallest absolute Gasteiger partial charge is 0.156 e. The molecule has 1 aliphatic carbocycles. The number of hydrogen-bond donors (Lipinski definition) is 1. The summed E-state index contributed by atoms with van der Waals surface area (Å²) in [5.74, 6) is 1.82. The normalized spacial score (nSPS) is 17.1. The first-order chi connectivity index (χ1) is 22.0. The summed E-state index contributed by atoms with van der Waals surface area (Å²) in [5.41, 5.74) is 12.2. The van der Waals surface area contributed by atoms with E-state index in [-0.39, 0.29) is 25.1 Å². The van der Waals surface area contributed by atoms with E-state index in [1.165, 1.54) is 51.0 Å². The Balaban J connectivity index is 2.96. The summed E-state index contributed by atoms with van der Waals surface area (Å²) in [6, 6.07) is 6.26. The Bertz CT molecular complexity index is 1310. The highest BCUT2D eigenvalue weighted by Gasteiger charge is 2.27. The van der Waals surface area contributed by atoms with Crippen LogP contribution in [0.1, 0.15) is 131 Å². The van der Waals surface area contributed by atoms with Gasteiger partial charge in [-0.2, -0.15) is 0 Å². The van der Waals surface area contributed by atoms with E-state index in [4.69, 9.17) is 9.47 Å². The van der Waals surface area contributed by atoms with Crippen molar-refractivity contribution in [2.75, 3.05) is 20.3 Å². The number of ketones is 1. The summed E-state index contributed by atoms with van der Waals surface area (Å²) in [7, 11) is 1.79. The van der Waals surface area contributed by atoms with Crippen LogP contribution in [0.5, 0.6) is 5.75 Å². The molecule has 0 radical (unpaired) electrons. The Morgan fingerprint density at radius 2 is 1.61 bits per heavy atom. The third kappa shape index (κ3) is 10.7. The largest absolute Gasteiger partial charge is 0.491 e. The van der Waals surface area contributed by atoms with Crippen LogP contribution in [-0.4, -0.2) is 37.3 Å². The van der Waals surface area contributed by atoms with Crippen LogP contribution in [0.4, 0.5) is 0 Å². The van der Waals surface area contributed by atoms with Crippen LogP contribution in [0.15, 0.2) is 69.4 Å². The van der Waals surface area contributed by atoms with E-state index in [9.17, 15) is 9.90 Å². The second-order valence-electron chi connectivity index (χ2n) is 13.4. The number of allylic oxidation sites excluding steroid dienone is 7. The molecule has 1 fully saturated rings. The maximum absolute atomic E-state index is 13.4. The van der Waals surface area contributed by atoms with Gasteiger partial charge in [0.2, 0.25) is 0 Å². The van der Waals surface area contributed by atoms with Gasteiger partial charge in [-0.15, -0.1) is 0 Å². The van der Waals surface area contributed by atoms with E-state index in [2.05, 4.69) is 86.6 Å². The summed E-state index contributed by atoms with van der Waals surface area (Å²) < 4.78 is 12.1. The van der Waals surface area contributed by atoms with Crippen molar-refractivity contribution >= 4 is 11.4 Å². The number of hydrogen-bond acceptors (Lipinski definition) is 4. The summed E-state index contributed by atoms with van der Waals surface area (Å²) in [5, 5.41) is 9.38. The van der Waals surface area contributed by atoms with Gasteiger partial charge in [-0.3, -0.25) is 4.79 Å². The van der Waals surface area contributed by atoms with E-state index < -0.39 is 0 Å². The van der Waals surface area contributed by atoms with Gasteiger partial charge in [-0.05, 0) is 141 Å². The Hall–Kier alpha value is -2.69. The number of Topliss-reactive ketones (excluding diaryl/α,β-unsaturated/α-hetero) is 1. The summed E-state index contributed by atoms with van der Waals surface area (Å²) >= 11 is 0. The average molecular weight is 633 g/mol. The minimum Gasteiger partial charge on any atom is -0.491 e. The van der Waals surface area contributed by atoms with Crippen molar-refractivity contribution in [1.82, 2.24) is 0 Å². The molecule has 1 aromatic rings. The molecule has 0 amide bonds. The van der Waals surface area contributed by atoms with E-state index in [0.717, 1.165) is 68.3 Å². The zero-order valence-electron chi connectivity index (χ0n) is 31.1. The predicted octanol–water partition coefficient (Wildman–Crippen LogP) is 11.1. The number of carbonyl (C=O) groups is 1. The van der Waals surface area contributed by atoms with Crippen molar-refractivity contribution in [3.63, 3.8) is 0 Å². The highest BCUT2D eigenvalue weighted by atomic mass is 16.5. The molecule has 0 spiro atoms. The molecular weight excluding hydrogens is 568 g/mol. The molecule has 0 saturated heterocycles. The first-order valence-corrected chi connectivity index (χ1v) is 17.9. The predicted molar refractivity (Wildman–Crippen MR) is 196 cm³/mol. The Kier molecular flexibility index (Phi) is 17.0. The molecule has 1 aromatic carbocycles. The fraction of sp³-hybridized carbons (Fsp3) is 0.595. The summed E-state index contributed by atoms with van der Waals surface area (Å²) in [6.07, 6.45) is 13.5. The lowest BCUT2D eigenvalue weighted by Gasteiger charge is -2.29. The number of aliphatic hydroxyl groups is 1. The van der Waals surface area contributed by atoms with Gasteiger partial charge in [0.15, 0.2) is 5.78 Å². The lowest BCUT2D eigenvalue weighted by atomic mass is 9.80. The lowest BCUT2D eigenvalue weighted by molar-refractivity contribution is -0.114. The topological polar surface area (TPSA) is 55.8 Å². The van der Waals surface area contributed by atoms with Gasteiger partial charge in [0.25, 0.3) is 0 Å². The number of aryl methyl sites for hydroxylation is 1. The van der Waals surface area contributed by atoms with Crippen LogP contribution in [0.3, 0.4) is 0 Å². The number of carbonyl (C=O) groups excluding carboxylic acids is 1. The van der Waals surface area contributed by atoms with Crippen molar-refractivity contribution < 1.29 is 19.4 Å². The van der Waals surface area contributed by atoms with Crippen LogP contribution < -0.4 is 4.74 Å². The third-order valence-corrected chi connectivity index (χ3v) is 9.84. The number of methoxy groups -OCH3 is 1. The Labute approximate surface area is 281 Å². The molecule has 0 bridgehead atoms. The quantitative estimate of drug-likeness (QED) is 0.0936. The van der Waals surface area contributed by atoms with Gasteiger partial charge in [0.1, 0.15) is 18.5 Å². The highest BCUT2D eigenvalue weighted by Crippen LogP contribution is 2.40. The SMILES string of the molecule is CC/C=C(C(\C)=C/C(=C(/CC(C)CC)C(C)=O)C(OC)C(C)=C1CCC1)/C(CC(C)CC)=C(/CC)c1cc(OCCO)ccc1C. The van der Waals surface area contributed by atoms with E-state index in [1.54, 1.807) is 14.0 Å². The number of aliphatic hydroxyl groups excluding tert-OH is 1. The van der Waals surface area contributed by atoms with E-state index in [0.29, 0.717) is 11.8 Å². The molecule has 1 N–H and O–H groups in total. The van der Waals surface area contributed by atoms with Gasteiger partial charge in [0, 0.05) is 12.7 Å². The molecule has 1 saturated carbocycles. The molecule has 4 nitrogen and oxygen atoms in total. The number of ether oxygens (including phenoxy) is 2. The zero-order chi connectivity index (χ0) is 34.4. The minimum atomic E-state index is -0.244. The molecular formula is C42H64O4. The van der Waals surface area contributed by atoms with Crippen molar-refractivity contribution in [1.29, 1.82) is 0 Å². The van der Waals surface area contributed by atoms with Crippen LogP contribution in [0, 0.1) is 18.8 Å². The maximum Gasteiger partial charge on any atom is 0.156 e. The molecule has 0 aromatic heterocycles. The standard InChI is InChI=1S/C42H64O4/c1-12-17-37(40(25-29(6)14-3)36(15-4)38-27-35(46-23-22-43)21-20-30(38)7)31(8)26-41(39(33(10)44)24-28(5)13-2)42(45-11)32(9)34-18-16-19-34/h17,20-21,26-29,42-43H,12-16,18-19,22-25H2,1-11H3/b31-26-,37-17+,40-36-,41-39+. The first-order valence-electron chi connectivity index (χ1n) is 17.9.